The van der Waals surface area contributed by atoms with E-state index in [4.69, 9.17) is 8.83 Å². The molecule has 0 saturated carbocycles. The van der Waals surface area contributed by atoms with Crippen molar-refractivity contribution in [1.29, 1.82) is 0 Å². The highest BCUT2D eigenvalue weighted by atomic mass is 16.3. The van der Waals surface area contributed by atoms with Crippen molar-refractivity contribution in [2.75, 3.05) is 0 Å². The van der Waals surface area contributed by atoms with Gasteiger partial charge >= 0.3 is 0 Å². The van der Waals surface area contributed by atoms with Gasteiger partial charge in [0, 0.05) is 43.7 Å². The molecular weight excluding hydrogens is 661 g/mol. The van der Waals surface area contributed by atoms with Crippen molar-refractivity contribution in [2.45, 2.75) is 0 Å². The Bertz CT molecular complexity index is 3430. The summed E-state index contributed by atoms with van der Waals surface area (Å²) in [6.45, 7) is 0. The Morgan fingerprint density at radius 3 is 1.61 bits per heavy atom. The van der Waals surface area contributed by atoms with Gasteiger partial charge in [-0.2, -0.15) is 0 Å². The molecule has 0 saturated heterocycles. The van der Waals surface area contributed by atoms with E-state index >= 15 is 0 Å². The fourth-order valence-electron chi connectivity index (χ4n) is 8.64. The van der Waals surface area contributed by atoms with E-state index in [1.54, 1.807) is 0 Å². The summed E-state index contributed by atoms with van der Waals surface area (Å²) in [7, 11) is 0. The van der Waals surface area contributed by atoms with Crippen LogP contribution in [-0.2, 0) is 0 Å². The zero-order chi connectivity index (χ0) is 35.3. The quantitative estimate of drug-likeness (QED) is 0.184. The van der Waals surface area contributed by atoms with E-state index in [-0.39, 0.29) is 0 Å². The van der Waals surface area contributed by atoms with Crippen LogP contribution in [-0.4, -0.2) is 9.13 Å². The van der Waals surface area contributed by atoms with Crippen molar-refractivity contribution in [1.82, 2.24) is 9.13 Å². The lowest BCUT2D eigenvalue weighted by atomic mass is 10.0. The van der Waals surface area contributed by atoms with Crippen LogP contribution < -0.4 is 0 Å². The van der Waals surface area contributed by atoms with E-state index < -0.39 is 0 Å². The molecule has 54 heavy (non-hydrogen) atoms. The number of nitrogens with zero attached hydrogens (tertiary/aromatic N) is 2. The average Bonchev–Trinajstić information content (AvgIpc) is 3.97. The number of hydrogen-bond donors (Lipinski definition) is 0. The Morgan fingerprint density at radius 2 is 0.815 bits per heavy atom. The molecule has 0 atom stereocenters. The van der Waals surface area contributed by atoms with Crippen molar-refractivity contribution in [2.24, 2.45) is 0 Å². The maximum Gasteiger partial charge on any atom is 0.213 e. The van der Waals surface area contributed by atoms with Gasteiger partial charge in [0.2, 0.25) is 5.71 Å². The largest absolute Gasteiger partial charge is 0.456 e. The van der Waals surface area contributed by atoms with Crippen LogP contribution in [0.4, 0.5) is 0 Å². The molecule has 12 rings (SSSR count). The summed E-state index contributed by atoms with van der Waals surface area (Å²) in [4.78, 5) is 0. The molecule has 0 amide bonds. The van der Waals surface area contributed by atoms with Crippen molar-refractivity contribution in [3.8, 4) is 33.6 Å². The minimum atomic E-state index is 0.870. The number of para-hydroxylation sites is 4. The Morgan fingerprint density at radius 1 is 0.296 bits per heavy atom. The molecular formula is C50H30N2O2. The van der Waals surface area contributed by atoms with Gasteiger partial charge in [0.1, 0.15) is 16.7 Å². The first-order valence-electron chi connectivity index (χ1n) is 18.3. The van der Waals surface area contributed by atoms with Gasteiger partial charge in [-0.05, 0) is 101 Å². The van der Waals surface area contributed by atoms with E-state index in [0.717, 1.165) is 72.0 Å². The standard InChI is InChI=1S/C50H30N2O2/c1-2-10-35(11-3-1)52-44-16-8-5-14-39(44)49-42-30-32(21-27-48(42)54-50(49)52)31-18-23-36(24-19-31)51-43-15-7-4-12-37(43)40-28-33(20-25-45(40)51)34-22-26-47-41(29-34)38-13-6-9-17-46(38)53-47/h1-30H. The van der Waals surface area contributed by atoms with Crippen molar-refractivity contribution < 1.29 is 8.83 Å². The molecule has 12 aromatic rings. The number of hydrogen-bond acceptors (Lipinski definition) is 2. The van der Waals surface area contributed by atoms with Gasteiger partial charge in [0.15, 0.2) is 0 Å². The highest BCUT2D eigenvalue weighted by Crippen LogP contribution is 2.41. The van der Waals surface area contributed by atoms with Gasteiger partial charge in [-0.15, -0.1) is 0 Å². The Labute approximate surface area is 309 Å². The van der Waals surface area contributed by atoms with Crippen LogP contribution in [0.5, 0.6) is 0 Å². The lowest BCUT2D eigenvalue weighted by Crippen LogP contribution is -1.93. The first-order valence-corrected chi connectivity index (χ1v) is 18.3. The molecule has 0 N–H and O–H groups in total. The summed E-state index contributed by atoms with van der Waals surface area (Å²) in [6.07, 6.45) is 0. The molecule has 4 heterocycles. The summed E-state index contributed by atoms with van der Waals surface area (Å²) < 4.78 is 17.3. The van der Waals surface area contributed by atoms with Crippen LogP contribution in [0.3, 0.4) is 0 Å². The minimum Gasteiger partial charge on any atom is -0.456 e. The molecule has 0 bridgehead atoms. The lowest BCUT2D eigenvalue weighted by Gasteiger charge is -2.10. The van der Waals surface area contributed by atoms with Gasteiger partial charge in [-0.1, -0.05) is 103 Å². The summed E-state index contributed by atoms with van der Waals surface area (Å²) in [5.74, 6) is 0. The highest BCUT2D eigenvalue weighted by molar-refractivity contribution is 6.20. The maximum atomic E-state index is 6.59. The molecule has 0 radical (unpaired) electrons. The lowest BCUT2D eigenvalue weighted by molar-refractivity contribution is 0.645. The molecule has 0 spiro atoms. The van der Waals surface area contributed by atoms with E-state index in [1.807, 2.05) is 18.2 Å². The normalized spacial score (nSPS) is 12.1. The van der Waals surface area contributed by atoms with Crippen LogP contribution >= 0.6 is 0 Å². The Balaban J connectivity index is 0.960. The monoisotopic (exact) mass is 690 g/mol. The van der Waals surface area contributed by atoms with Gasteiger partial charge in [-0.25, -0.2) is 0 Å². The number of aromatic nitrogens is 2. The molecule has 252 valence electrons. The number of furan rings is 2. The third-order valence-electron chi connectivity index (χ3n) is 11.1. The third-order valence-corrected chi connectivity index (χ3v) is 11.1. The van der Waals surface area contributed by atoms with Gasteiger partial charge in [-0.3, -0.25) is 4.57 Å². The predicted molar refractivity (Wildman–Crippen MR) is 223 cm³/mol. The zero-order valence-electron chi connectivity index (χ0n) is 29.0. The predicted octanol–water partition coefficient (Wildman–Crippen LogP) is 13.9. The van der Waals surface area contributed by atoms with Crippen LogP contribution in [0.25, 0.3) is 110 Å². The van der Waals surface area contributed by atoms with Crippen LogP contribution in [0.2, 0.25) is 0 Å². The van der Waals surface area contributed by atoms with E-state index in [1.165, 1.54) is 38.3 Å². The van der Waals surface area contributed by atoms with Crippen LogP contribution in [0, 0.1) is 0 Å². The molecule has 0 aliphatic carbocycles. The van der Waals surface area contributed by atoms with E-state index in [2.05, 4.69) is 173 Å². The molecule has 0 unspecified atom stereocenters. The summed E-state index contributed by atoms with van der Waals surface area (Å²) in [5.41, 5.74) is 14.0. The molecule has 4 nitrogen and oxygen atoms in total. The first kappa shape index (κ1) is 29.3. The molecule has 4 heteroatoms. The first-order chi connectivity index (χ1) is 26.8. The summed E-state index contributed by atoms with van der Waals surface area (Å²) >= 11 is 0. The second-order valence-corrected chi connectivity index (χ2v) is 14.1. The molecule has 8 aromatic carbocycles. The number of benzene rings is 8. The Kier molecular flexibility index (Phi) is 6.02. The van der Waals surface area contributed by atoms with Crippen LogP contribution in [0.15, 0.2) is 191 Å². The molecule has 4 aromatic heterocycles. The van der Waals surface area contributed by atoms with Crippen LogP contribution in [0.1, 0.15) is 0 Å². The number of fused-ring (bicyclic) bond motifs is 11. The summed E-state index contributed by atoms with van der Waals surface area (Å²) in [6, 6.07) is 64.8. The second-order valence-electron chi connectivity index (χ2n) is 14.1. The van der Waals surface area contributed by atoms with Crippen molar-refractivity contribution in [3.05, 3.63) is 182 Å². The van der Waals surface area contributed by atoms with Crippen molar-refractivity contribution >= 4 is 76.7 Å². The van der Waals surface area contributed by atoms with E-state index in [0.29, 0.717) is 0 Å². The second kappa shape index (κ2) is 11.1. The Hall–Kier alpha value is -7.30. The number of rotatable bonds is 4. The molecule has 0 fully saturated rings. The fraction of sp³-hybridized carbons (Fsp3) is 0. The van der Waals surface area contributed by atoms with E-state index in [9.17, 15) is 0 Å². The van der Waals surface area contributed by atoms with Gasteiger partial charge in [0.25, 0.3) is 0 Å². The zero-order valence-corrected chi connectivity index (χ0v) is 29.0. The van der Waals surface area contributed by atoms with Gasteiger partial charge in [0.05, 0.1) is 21.9 Å². The third kappa shape index (κ3) is 4.19. The minimum absolute atomic E-state index is 0.870. The highest BCUT2D eigenvalue weighted by Gasteiger charge is 2.20. The molecule has 0 aliphatic heterocycles. The van der Waals surface area contributed by atoms with Gasteiger partial charge < -0.3 is 13.4 Å². The SMILES string of the molecule is c1ccc(-n2c3ccccc3c3c4cc(-c5ccc(-n6c7ccccc7c7cc(-c8ccc9oc%10ccccc%10c9c8)ccc76)cc5)ccc4oc32)cc1. The smallest absolute Gasteiger partial charge is 0.213 e. The molecule has 0 aliphatic rings. The topological polar surface area (TPSA) is 36.1 Å². The average molecular weight is 691 g/mol. The van der Waals surface area contributed by atoms with Crippen molar-refractivity contribution in [3.63, 3.8) is 0 Å². The fourth-order valence-corrected chi connectivity index (χ4v) is 8.64. The maximum absolute atomic E-state index is 6.59. The summed E-state index contributed by atoms with van der Waals surface area (Å²) in [5, 5.41) is 8.20.